The molecule has 15 heavy (non-hydrogen) atoms. The van der Waals surface area contributed by atoms with Crippen molar-refractivity contribution in [2.45, 2.75) is 17.1 Å². The maximum atomic E-state index is 10.6. The fourth-order valence-electron chi connectivity index (χ4n) is 0.787. The highest BCUT2D eigenvalue weighted by Gasteiger charge is 2.17. The molecule has 0 bridgehead atoms. The van der Waals surface area contributed by atoms with Crippen molar-refractivity contribution in [2.24, 2.45) is 0 Å². The SMILES string of the molecule is CCSc1ncc([N+](=O)[O-])c(SC#N)n1. The molecule has 0 saturated carbocycles. The standard InChI is InChI=1S/C7H6N4O2S2/c1-2-14-7-9-3-5(11(12)13)6(10-7)15-4-8/h3H,2H2,1H3. The van der Waals surface area contributed by atoms with Crippen molar-refractivity contribution in [3.05, 3.63) is 16.3 Å². The molecular formula is C7H6N4O2S2. The number of nitro groups is 1. The van der Waals surface area contributed by atoms with Gasteiger partial charge in [-0.3, -0.25) is 10.1 Å². The number of nitriles is 1. The highest BCUT2D eigenvalue weighted by atomic mass is 32.2. The Hall–Kier alpha value is -1.33. The van der Waals surface area contributed by atoms with Crippen LogP contribution < -0.4 is 0 Å². The van der Waals surface area contributed by atoms with Crippen LogP contribution in [0.4, 0.5) is 5.69 Å². The molecular weight excluding hydrogens is 236 g/mol. The molecule has 6 nitrogen and oxygen atoms in total. The Bertz CT molecular complexity index is 418. The minimum absolute atomic E-state index is 0.0912. The van der Waals surface area contributed by atoms with Gasteiger partial charge in [0.15, 0.2) is 10.2 Å². The first kappa shape index (κ1) is 11.7. The average Bonchev–Trinajstić information content (AvgIpc) is 2.18. The number of aromatic nitrogens is 2. The number of nitrogens with zero attached hydrogens (tertiary/aromatic N) is 4. The van der Waals surface area contributed by atoms with Gasteiger partial charge in [-0.2, -0.15) is 5.26 Å². The summed E-state index contributed by atoms with van der Waals surface area (Å²) in [5.74, 6) is 0.772. The zero-order valence-corrected chi connectivity index (χ0v) is 9.34. The van der Waals surface area contributed by atoms with Gasteiger partial charge >= 0.3 is 5.69 Å². The van der Waals surface area contributed by atoms with Gasteiger partial charge in [0, 0.05) is 11.8 Å². The van der Waals surface area contributed by atoms with Crippen molar-refractivity contribution in [3.63, 3.8) is 0 Å². The molecule has 0 N–H and O–H groups in total. The third-order valence-electron chi connectivity index (χ3n) is 1.33. The second-order valence-electron chi connectivity index (χ2n) is 2.23. The zero-order valence-electron chi connectivity index (χ0n) is 7.71. The Morgan fingerprint density at radius 2 is 2.47 bits per heavy atom. The second-order valence-corrected chi connectivity index (χ2v) is 4.23. The monoisotopic (exact) mass is 242 g/mol. The molecule has 0 amide bonds. The minimum Gasteiger partial charge on any atom is -0.258 e. The summed E-state index contributed by atoms with van der Waals surface area (Å²) in [5.41, 5.74) is -0.234. The van der Waals surface area contributed by atoms with Gasteiger partial charge in [-0.15, -0.1) is 0 Å². The van der Waals surface area contributed by atoms with E-state index in [1.165, 1.54) is 11.8 Å². The maximum absolute atomic E-state index is 10.6. The summed E-state index contributed by atoms with van der Waals surface area (Å²) < 4.78 is 0. The van der Waals surface area contributed by atoms with E-state index in [-0.39, 0.29) is 10.7 Å². The van der Waals surface area contributed by atoms with Gasteiger partial charge in [-0.1, -0.05) is 18.7 Å². The van der Waals surface area contributed by atoms with Crippen LogP contribution in [0, 0.1) is 20.8 Å². The zero-order chi connectivity index (χ0) is 11.3. The van der Waals surface area contributed by atoms with Crippen LogP contribution in [0.3, 0.4) is 0 Å². The first-order valence-electron chi connectivity index (χ1n) is 3.89. The molecule has 0 radical (unpaired) electrons. The van der Waals surface area contributed by atoms with Gasteiger partial charge < -0.3 is 0 Å². The number of thiocyanates is 1. The highest BCUT2D eigenvalue weighted by molar-refractivity contribution is 8.03. The summed E-state index contributed by atoms with van der Waals surface area (Å²) in [7, 11) is 0. The lowest BCUT2D eigenvalue weighted by Gasteiger charge is -1.99. The number of thioether (sulfide) groups is 2. The maximum Gasteiger partial charge on any atom is 0.320 e. The minimum atomic E-state index is -0.597. The van der Waals surface area contributed by atoms with Crippen molar-refractivity contribution in [2.75, 3.05) is 5.75 Å². The Morgan fingerprint density at radius 3 is 3.00 bits per heavy atom. The molecule has 0 aliphatic carbocycles. The molecule has 1 heterocycles. The molecule has 1 aromatic rings. The van der Waals surface area contributed by atoms with Crippen molar-refractivity contribution >= 4 is 29.2 Å². The lowest BCUT2D eigenvalue weighted by Crippen LogP contribution is -1.96. The number of rotatable bonds is 4. The molecule has 0 saturated heterocycles. The van der Waals surface area contributed by atoms with Gasteiger partial charge in [-0.25, -0.2) is 9.97 Å². The van der Waals surface area contributed by atoms with Crippen LogP contribution in [-0.4, -0.2) is 20.6 Å². The summed E-state index contributed by atoms with van der Waals surface area (Å²) in [5, 5.41) is 21.3. The topological polar surface area (TPSA) is 92.7 Å². The molecule has 1 rings (SSSR count). The van der Waals surface area contributed by atoms with Crippen LogP contribution in [0.25, 0.3) is 0 Å². The molecule has 1 aromatic heterocycles. The third kappa shape index (κ3) is 3.07. The largest absolute Gasteiger partial charge is 0.320 e. The first-order chi connectivity index (χ1) is 7.19. The van der Waals surface area contributed by atoms with Crippen molar-refractivity contribution < 1.29 is 4.92 Å². The molecule has 0 fully saturated rings. The van der Waals surface area contributed by atoms with Crippen molar-refractivity contribution in [1.29, 1.82) is 5.26 Å². The summed E-state index contributed by atoms with van der Waals surface area (Å²) >= 11 is 2.04. The van der Waals surface area contributed by atoms with E-state index in [4.69, 9.17) is 5.26 Å². The van der Waals surface area contributed by atoms with E-state index in [9.17, 15) is 10.1 Å². The Kier molecular flexibility index (Phi) is 4.33. The molecule has 0 aliphatic heterocycles. The third-order valence-corrected chi connectivity index (χ3v) is 2.65. The van der Waals surface area contributed by atoms with Crippen LogP contribution in [-0.2, 0) is 0 Å². The molecule has 0 atom stereocenters. The lowest BCUT2D eigenvalue weighted by atomic mass is 10.6. The predicted molar refractivity (Wildman–Crippen MR) is 56.6 cm³/mol. The summed E-state index contributed by atoms with van der Waals surface area (Å²) in [4.78, 5) is 17.7. The molecule has 0 unspecified atom stereocenters. The smallest absolute Gasteiger partial charge is 0.258 e. The average molecular weight is 242 g/mol. The predicted octanol–water partition coefficient (Wildman–Crippen LogP) is 2.07. The molecule has 0 aromatic carbocycles. The van der Waals surface area contributed by atoms with E-state index >= 15 is 0 Å². The van der Waals surface area contributed by atoms with Crippen LogP contribution in [0.15, 0.2) is 16.4 Å². The van der Waals surface area contributed by atoms with E-state index in [0.29, 0.717) is 16.9 Å². The van der Waals surface area contributed by atoms with Crippen LogP contribution in [0.1, 0.15) is 6.92 Å². The van der Waals surface area contributed by atoms with Crippen LogP contribution >= 0.6 is 23.5 Å². The number of hydrogen-bond donors (Lipinski definition) is 0. The van der Waals surface area contributed by atoms with Crippen LogP contribution in [0.2, 0.25) is 0 Å². The second kappa shape index (κ2) is 5.53. The molecule has 0 spiro atoms. The number of hydrogen-bond acceptors (Lipinski definition) is 7. The Labute approximate surface area is 94.3 Å². The Balaban J connectivity index is 3.09. The summed E-state index contributed by atoms with van der Waals surface area (Å²) in [6.07, 6.45) is 1.13. The van der Waals surface area contributed by atoms with E-state index in [1.54, 1.807) is 5.40 Å². The van der Waals surface area contributed by atoms with E-state index in [2.05, 4.69) is 9.97 Å². The molecule has 8 heteroatoms. The van der Waals surface area contributed by atoms with E-state index in [1.807, 2.05) is 6.92 Å². The molecule has 0 aliphatic rings. The van der Waals surface area contributed by atoms with Crippen LogP contribution in [0.5, 0.6) is 0 Å². The fourth-order valence-corrected chi connectivity index (χ4v) is 1.84. The fraction of sp³-hybridized carbons (Fsp3) is 0.286. The Morgan fingerprint density at radius 1 is 1.73 bits per heavy atom. The lowest BCUT2D eigenvalue weighted by molar-refractivity contribution is -0.388. The van der Waals surface area contributed by atoms with E-state index in [0.717, 1.165) is 11.9 Å². The van der Waals surface area contributed by atoms with Gasteiger partial charge in [0.1, 0.15) is 11.6 Å². The molecule has 78 valence electrons. The first-order valence-corrected chi connectivity index (χ1v) is 5.69. The van der Waals surface area contributed by atoms with Crippen molar-refractivity contribution in [3.8, 4) is 5.40 Å². The summed E-state index contributed by atoms with van der Waals surface area (Å²) in [6, 6.07) is 0. The van der Waals surface area contributed by atoms with Gasteiger partial charge in [-0.05, 0) is 5.75 Å². The van der Waals surface area contributed by atoms with Gasteiger partial charge in [0.2, 0.25) is 0 Å². The highest BCUT2D eigenvalue weighted by Crippen LogP contribution is 2.27. The van der Waals surface area contributed by atoms with E-state index < -0.39 is 4.92 Å². The van der Waals surface area contributed by atoms with Crippen molar-refractivity contribution in [1.82, 2.24) is 9.97 Å². The summed E-state index contributed by atoms with van der Waals surface area (Å²) in [6.45, 7) is 1.92. The normalized spacial score (nSPS) is 9.60. The quantitative estimate of drug-likeness (QED) is 0.199. The van der Waals surface area contributed by atoms with Gasteiger partial charge in [0.05, 0.1) is 4.92 Å². The van der Waals surface area contributed by atoms with Gasteiger partial charge in [0.25, 0.3) is 0 Å².